The maximum atomic E-state index is 12.2. The molecular formula is C16H14ClNO5S. The van der Waals surface area contributed by atoms with Gasteiger partial charge in [0.15, 0.2) is 0 Å². The molecule has 0 aliphatic carbocycles. The van der Waals surface area contributed by atoms with Gasteiger partial charge >= 0.3 is 11.9 Å². The number of ether oxygens (including phenoxy) is 3. The number of halogens is 1. The number of aromatic nitrogens is 1. The highest BCUT2D eigenvalue weighted by atomic mass is 35.5. The van der Waals surface area contributed by atoms with Crippen LogP contribution in [0.1, 0.15) is 26.8 Å². The molecular weight excluding hydrogens is 354 g/mol. The second-order valence-electron chi connectivity index (χ2n) is 5.11. The summed E-state index contributed by atoms with van der Waals surface area (Å²) in [6.07, 6.45) is -0.442. The highest BCUT2D eigenvalue weighted by Gasteiger charge is 2.31. The maximum Gasteiger partial charge on any atom is 0.351 e. The van der Waals surface area contributed by atoms with E-state index in [1.165, 1.54) is 11.3 Å². The first-order valence-electron chi connectivity index (χ1n) is 7.25. The van der Waals surface area contributed by atoms with Gasteiger partial charge in [0.25, 0.3) is 0 Å². The van der Waals surface area contributed by atoms with Gasteiger partial charge in [-0.2, -0.15) is 0 Å². The van der Waals surface area contributed by atoms with E-state index in [1.54, 1.807) is 31.2 Å². The fraction of sp³-hybridized carbons (Fsp3) is 0.312. The molecule has 1 aliphatic heterocycles. The van der Waals surface area contributed by atoms with Crippen LogP contribution in [0.3, 0.4) is 0 Å². The lowest BCUT2D eigenvalue weighted by molar-refractivity contribution is -0.145. The number of cyclic esters (lactones) is 1. The molecule has 0 radical (unpaired) electrons. The van der Waals surface area contributed by atoms with E-state index < -0.39 is 18.0 Å². The number of aryl methyl sites for hydroxylation is 1. The molecule has 2 heterocycles. The van der Waals surface area contributed by atoms with Gasteiger partial charge in [0, 0.05) is 11.4 Å². The van der Waals surface area contributed by atoms with E-state index in [1.807, 2.05) is 0 Å². The number of rotatable bonds is 5. The number of hydrogen-bond acceptors (Lipinski definition) is 7. The van der Waals surface area contributed by atoms with Crippen LogP contribution in [-0.2, 0) is 20.9 Å². The van der Waals surface area contributed by atoms with E-state index >= 15 is 0 Å². The van der Waals surface area contributed by atoms with Gasteiger partial charge in [-0.25, -0.2) is 14.6 Å². The van der Waals surface area contributed by atoms with Crippen molar-refractivity contribution in [1.29, 1.82) is 0 Å². The summed E-state index contributed by atoms with van der Waals surface area (Å²) in [5.74, 6) is -0.409. The Labute approximate surface area is 147 Å². The average molecular weight is 368 g/mol. The molecule has 0 bridgehead atoms. The molecule has 1 aromatic carbocycles. The summed E-state index contributed by atoms with van der Waals surface area (Å²) in [5, 5.41) is 1.27. The van der Waals surface area contributed by atoms with Gasteiger partial charge in [0.05, 0.1) is 12.3 Å². The van der Waals surface area contributed by atoms with Crippen LogP contribution in [0.2, 0.25) is 5.02 Å². The minimum Gasteiger partial charge on any atom is -0.486 e. The van der Waals surface area contributed by atoms with Crippen molar-refractivity contribution >= 4 is 34.9 Å². The van der Waals surface area contributed by atoms with Gasteiger partial charge in [-0.05, 0) is 31.2 Å². The Balaban J connectivity index is 1.62. The molecule has 3 rings (SSSR count). The van der Waals surface area contributed by atoms with Crippen molar-refractivity contribution in [2.24, 2.45) is 0 Å². The third-order valence-electron chi connectivity index (χ3n) is 3.34. The Bertz CT molecular complexity index is 758. The molecule has 0 spiro atoms. The summed E-state index contributed by atoms with van der Waals surface area (Å²) in [6.45, 7) is 2.22. The van der Waals surface area contributed by atoms with Crippen molar-refractivity contribution in [3.63, 3.8) is 0 Å². The summed E-state index contributed by atoms with van der Waals surface area (Å²) in [7, 11) is 0. The van der Waals surface area contributed by atoms with Crippen LogP contribution in [0.4, 0.5) is 0 Å². The van der Waals surface area contributed by atoms with Crippen LogP contribution in [-0.4, -0.2) is 29.6 Å². The predicted molar refractivity (Wildman–Crippen MR) is 87.4 cm³/mol. The first-order chi connectivity index (χ1) is 11.5. The Kier molecular flexibility index (Phi) is 5.01. The summed E-state index contributed by atoms with van der Waals surface area (Å²) < 4.78 is 15.6. The average Bonchev–Trinajstić information content (AvgIpc) is 3.13. The molecule has 2 aromatic rings. The third-order valence-corrected chi connectivity index (χ3v) is 4.70. The molecule has 1 saturated heterocycles. The summed E-state index contributed by atoms with van der Waals surface area (Å²) in [6, 6.07) is 6.97. The van der Waals surface area contributed by atoms with Gasteiger partial charge in [-0.15, -0.1) is 11.3 Å². The number of hydrogen-bond donors (Lipinski definition) is 0. The molecule has 1 atom stereocenters. The smallest absolute Gasteiger partial charge is 0.351 e. The van der Waals surface area contributed by atoms with Crippen LogP contribution in [0.25, 0.3) is 0 Å². The molecule has 1 aliphatic rings. The summed E-state index contributed by atoms with van der Waals surface area (Å²) in [5.41, 5.74) is 0.547. The van der Waals surface area contributed by atoms with Crippen LogP contribution in [0, 0.1) is 6.92 Å². The van der Waals surface area contributed by atoms with Crippen molar-refractivity contribution in [2.45, 2.75) is 26.1 Å². The number of carbonyl (C=O) groups excluding carboxylic acids is 2. The Morgan fingerprint density at radius 2 is 2.17 bits per heavy atom. The zero-order valence-corrected chi connectivity index (χ0v) is 14.4. The Hall–Kier alpha value is -2.12. The van der Waals surface area contributed by atoms with E-state index in [0.29, 0.717) is 32.8 Å². The first kappa shape index (κ1) is 16.7. The quantitative estimate of drug-likeness (QED) is 0.756. The second-order valence-corrected chi connectivity index (χ2v) is 6.63. The van der Waals surface area contributed by atoms with Crippen LogP contribution >= 0.6 is 22.9 Å². The topological polar surface area (TPSA) is 74.7 Å². The lowest BCUT2D eigenvalue weighted by Crippen LogP contribution is -2.22. The van der Waals surface area contributed by atoms with Crippen molar-refractivity contribution in [2.75, 3.05) is 6.61 Å². The lowest BCUT2D eigenvalue weighted by Gasteiger charge is -2.06. The van der Waals surface area contributed by atoms with E-state index in [-0.39, 0.29) is 13.2 Å². The third kappa shape index (κ3) is 3.85. The Morgan fingerprint density at radius 3 is 2.83 bits per heavy atom. The number of nitrogens with zero attached hydrogens (tertiary/aromatic N) is 1. The number of benzene rings is 1. The highest BCUT2D eigenvalue weighted by molar-refractivity contribution is 7.13. The second kappa shape index (κ2) is 7.19. The Morgan fingerprint density at radius 1 is 1.42 bits per heavy atom. The predicted octanol–water partition coefficient (Wildman–Crippen LogP) is 3.16. The van der Waals surface area contributed by atoms with Crippen LogP contribution in [0.5, 0.6) is 5.75 Å². The minimum atomic E-state index is -0.826. The van der Waals surface area contributed by atoms with E-state index in [9.17, 15) is 9.59 Å². The number of esters is 2. The minimum absolute atomic E-state index is 0.228. The fourth-order valence-corrected chi connectivity index (χ4v) is 3.13. The van der Waals surface area contributed by atoms with Gasteiger partial charge < -0.3 is 14.2 Å². The van der Waals surface area contributed by atoms with Crippen molar-refractivity contribution in [3.05, 3.63) is 44.9 Å². The van der Waals surface area contributed by atoms with Crippen molar-refractivity contribution in [3.8, 4) is 5.75 Å². The molecule has 1 aromatic heterocycles. The normalized spacial score (nSPS) is 16.8. The van der Waals surface area contributed by atoms with Crippen molar-refractivity contribution in [1.82, 2.24) is 4.98 Å². The van der Waals surface area contributed by atoms with E-state index in [4.69, 9.17) is 25.8 Å². The van der Waals surface area contributed by atoms with Crippen molar-refractivity contribution < 1.29 is 23.8 Å². The number of carbonyl (C=O) groups is 2. The maximum absolute atomic E-state index is 12.2. The molecule has 0 amide bonds. The standard InChI is InChI=1S/C16H14ClNO5S/c1-9-14(16(20)23-12-6-7-21-15(12)19)24-13(18-9)8-22-11-4-2-10(17)3-5-11/h2-5,12H,6-8H2,1H3/t12-/m0/s1. The van der Waals surface area contributed by atoms with Gasteiger partial charge in [0.2, 0.25) is 6.10 Å². The molecule has 24 heavy (non-hydrogen) atoms. The lowest BCUT2D eigenvalue weighted by atomic mass is 10.3. The van der Waals surface area contributed by atoms with Crippen LogP contribution in [0.15, 0.2) is 24.3 Å². The number of thiazole rings is 1. The molecule has 0 saturated carbocycles. The SMILES string of the molecule is Cc1nc(COc2ccc(Cl)cc2)sc1C(=O)O[C@H]1CCOC1=O. The zero-order chi connectivity index (χ0) is 17.1. The fourth-order valence-electron chi connectivity index (χ4n) is 2.15. The molecule has 126 valence electrons. The zero-order valence-electron chi connectivity index (χ0n) is 12.8. The van der Waals surface area contributed by atoms with E-state index in [0.717, 1.165) is 0 Å². The van der Waals surface area contributed by atoms with E-state index in [2.05, 4.69) is 4.98 Å². The van der Waals surface area contributed by atoms with Gasteiger partial charge in [-0.3, -0.25) is 0 Å². The molecule has 0 N–H and O–H groups in total. The monoisotopic (exact) mass is 367 g/mol. The van der Waals surface area contributed by atoms with Gasteiger partial charge in [-0.1, -0.05) is 11.6 Å². The molecule has 8 heteroatoms. The summed E-state index contributed by atoms with van der Waals surface area (Å²) >= 11 is 7.00. The largest absolute Gasteiger partial charge is 0.486 e. The van der Waals surface area contributed by atoms with Gasteiger partial charge in [0.1, 0.15) is 22.2 Å². The van der Waals surface area contributed by atoms with Crippen LogP contribution < -0.4 is 4.74 Å². The molecule has 6 nitrogen and oxygen atoms in total. The highest BCUT2D eigenvalue weighted by Crippen LogP contribution is 2.23. The first-order valence-corrected chi connectivity index (χ1v) is 8.44. The molecule has 0 unspecified atom stereocenters. The summed E-state index contributed by atoms with van der Waals surface area (Å²) in [4.78, 5) is 28.2. The molecule has 1 fully saturated rings.